The second-order valence-electron chi connectivity index (χ2n) is 5.01. The number of aryl methyl sites for hydroxylation is 1. The Morgan fingerprint density at radius 2 is 2.14 bits per heavy atom. The first-order chi connectivity index (χ1) is 10.6. The van der Waals surface area contributed by atoms with Crippen LogP contribution in [0.25, 0.3) is 11.3 Å². The third-order valence-corrected chi connectivity index (χ3v) is 3.76. The number of furan rings is 1. The molecular formula is C16H15ClFN3O. The van der Waals surface area contributed by atoms with Crippen LogP contribution in [0, 0.1) is 12.7 Å². The Labute approximate surface area is 132 Å². The average Bonchev–Trinajstić information content (AvgIpc) is 3.06. The molecule has 0 aliphatic heterocycles. The zero-order valence-electron chi connectivity index (χ0n) is 12.0. The van der Waals surface area contributed by atoms with E-state index in [-0.39, 0.29) is 5.82 Å². The fourth-order valence-corrected chi connectivity index (χ4v) is 2.66. The maximum absolute atomic E-state index is 13.2. The van der Waals surface area contributed by atoms with E-state index in [1.807, 2.05) is 23.6 Å². The Kier molecular flexibility index (Phi) is 4.00. The van der Waals surface area contributed by atoms with Gasteiger partial charge in [0.1, 0.15) is 17.3 Å². The Balaban J connectivity index is 1.99. The van der Waals surface area contributed by atoms with Crippen LogP contribution in [0.15, 0.2) is 41.1 Å². The van der Waals surface area contributed by atoms with Gasteiger partial charge >= 0.3 is 0 Å². The Morgan fingerprint density at radius 1 is 1.32 bits per heavy atom. The lowest BCUT2D eigenvalue weighted by molar-refractivity contribution is 0.467. The molecule has 0 bridgehead atoms. The zero-order chi connectivity index (χ0) is 15.7. The predicted molar refractivity (Wildman–Crippen MR) is 83.1 cm³/mol. The second-order valence-corrected chi connectivity index (χ2v) is 5.42. The van der Waals surface area contributed by atoms with Crippen LogP contribution in [0.4, 0.5) is 4.39 Å². The van der Waals surface area contributed by atoms with E-state index < -0.39 is 0 Å². The molecule has 0 aliphatic rings. The fourth-order valence-electron chi connectivity index (χ4n) is 2.40. The van der Waals surface area contributed by atoms with Crippen molar-refractivity contribution in [3.8, 4) is 11.3 Å². The molecule has 2 N–H and O–H groups in total. The smallest absolute Gasteiger partial charge is 0.124 e. The van der Waals surface area contributed by atoms with Crippen LogP contribution in [-0.4, -0.2) is 9.55 Å². The molecule has 0 saturated carbocycles. The standard InChI is InChI=1S/C16H15ClFN3O/c1-10-2-4-12(22-10)8-21-9-20-16(15(21)7-19)13-5-3-11(18)6-14(13)17/h2-6,9H,7-8,19H2,1H3. The molecule has 0 unspecified atom stereocenters. The summed E-state index contributed by atoms with van der Waals surface area (Å²) in [5.41, 5.74) is 8.01. The van der Waals surface area contributed by atoms with Gasteiger partial charge in [-0.1, -0.05) is 11.6 Å². The molecule has 1 aromatic carbocycles. The molecule has 0 atom stereocenters. The number of rotatable bonds is 4. The fraction of sp³-hybridized carbons (Fsp3) is 0.188. The number of imidazole rings is 1. The molecule has 2 heterocycles. The molecule has 0 radical (unpaired) electrons. The van der Waals surface area contributed by atoms with Crippen LogP contribution < -0.4 is 5.73 Å². The van der Waals surface area contributed by atoms with Crippen molar-refractivity contribution in [2.75, 3.05) is 0 Å². The van der Waals surface area contributed by atoms with Crippen molar-refractivity contribution in [1.29, 1.82) is 0 Å². The first-order valence-corrected chi connectivity index (χ1v) is 7.21. The van der Waals surface area contributed by atoms with Crippen molar-refractivity contribution in [2.24, 2.45) is 5.73 Å². The lowest BCUT2D eigenvalue weighted by atomic mass is 10.1. The summed E-state index contributed by atoms with van der Waals surface area (Å²) in [5, 5.41) is 0.314. The third-order valence-electron chi connectivity index (χ3n) is 3.45. The highest BCUT2D eigenvalue weighted by Crippen LogP contribution is 2.30. The van der Waals surface area contributed by atoms with Crippen LogP contribution in [0.2, 0.25) is 5.02 Å². The summed E-state index contributed by atoms with van der Waals surface area (Å²) in [6.45, 7) is 2.72. The number of nitrogens with two attached hydrogens (primary N) is 1. The SMILES string of the molecule is Cc1ccc(Cn2cnc(-c3ccc(F)cc3Cl)c2CN)o1. The summed E-state index contributed by atoms with van der Waals surface area (Å²) in [5.74, 6) is 1.29. The molecule has 6 heteroatoms. The van der Waals surface area contributed by atoms with Crippen molar-refractivity contribution in [1.82, 2.24) is 9.55 Å². The highest BCUT2D eigenvalue weighted by atomic mass is 35.5. The third kappa shape index (κ3) is 2.77. The van der Waals surface area contributed by atoms with Crippen molar-refractivity contribution in [3.05, 3.63) is 64.7 Å². The molecule has 0 aliphatic carbocycles. The number of halogens is 2. The second kappa shape index (κ2) is 5.94. The summed E-state index contributed by atoms with van der Waals surface area (Å²) in [6, 6.07) is 8.06. The van der Waals surface area contributed by atoms with Gasteiger partial charge in [-0.15, -0.1) is 0 Å². The minimum Gasteiger partial charge on any atom is -0.464 e. The molecule has 0 fully saturated rings. The van der Waals surface area contributed by atoms with E-state index in [1.165, 1.54) is 12.1 Å². The molecule has 0 spiro atoms. The maximum Gasteiger partial charge on any atom is 0.124 e. The van der Waals surface area contributed by atoms with E-state index in [0.717, 1.165) is 17.2 Å². The van der Waals surface area contributed by atoms with E-state index in [4.69, 9.17) is 21.8 Å². The Hall–Kier alpha value is -2.11. The first kappa shape index (κ1) is 14.8. The minimum absolute atomic E-state index is 0.294. The summed E-state index contributed by atoms with van der Waals surface area (Å²) in [6.07, 6.45) is 1.69. The average molecular weight is 320 g/mol. The van der Waals surface area contributed by atoms with Gasteiger partial charge in [0.15, 0.2) is 0 Å². The molecule has 3 rings (SSSR count). The molecule has 0 saturated heterocycles. The number of aromatic nitrogens is 2. The van der Waals surface area contributed by atoms with Crippen LogP contribution >= 0.6 is 11.6 Å². The minimum atomic E-state index is -0.381. The van der Waals surface area contributed by atoms with Crippen LogP contribution in [0.1, 0.15) is 17.2 Å². The molecule has 0 amide bonds. The van der Waals surface area contributed by atoms with Gasteiger partial charge in [-0.05, 0) is 37.3 Å². The highest BCUT2D eigenvalue weighted by molar-refractivity contribution is 6.33. The van der Waals surface area contributed by atoms with Crippen molar-refractivity contribution in [3.63, 3.8) is 0 Å². The first-order valence-electron chi connectivity index (χ1n) is 6.83. The Morgan fingerprint density at radius 3 is 2.77 bits per heavy atom. The van der Waals surface area contributed by atoms with Gasteiger partial charge in [0.05, 0.1) is 29.3 Å². The lowest BCUT2D eigenvalue weighted by Crippen LogP contribution is -2.08. The van der Waals surface area contributed by atoms with Crippen LogP contribution in [0.5, 0.6) is 0 Å². The molecule has 3 aromatic rings. The number of nitrogens with zero attached hydrogens (tertiary/aromatic N) is 2. The van der Waals surface area contributed by atoms with Crippen LogP contribution in [-0.2, 0) is 13.1 Å². The zero-order valence-corrected chi connectivity index (χ0v) is 12.8. The van der Waals surface area contributed by atoms with Crippen molar-refractivity contribution < 1.29 is 8.81 Å². The molecule has 114 valence electrons. The van der Waals surface area contributed by atoms with E-state index in [1.54, 1.807) is 12.4 Å². The number of benzene rings is 1. The summed E-state index contributed by atoms with van der Waals surface area (Å²) in [4.78, 5) is 4.39. The highest BCUT2D eigenvalue weighted by Gasteiger charge is 2.15. The van der Waals surface area contributed by atoms with Crippen LogP contribution in [0.3, 0.4) is 0 Å². The van der Waals surface area contributed by atoms with Gasteiger partial charge in [-0.25, -0.2) is 9.37 Å². The van der Waals surface area contributed by atoms with E-state index >= 15 is 0 Å². The lowest BCUT2D eigenvalue weighted by Gasteiger charge is -2.08. The monoisotopic (exact) mass is 319 g/mol. The molecule has 4 nitrogen and oxygen atoms in total. The summed E-state index contributed by atoms with van der Waals surface area (Å²) in [7, 11) is 0. The largest absolute Gasteiger partial charge is 0.464 e. The predicted octanol–water partition coefficient (Wildman–Crippen LogP) is 3.75. The van der Waals surface area contributed by atoms with Gasteiger partial charge in [0.25, 0.3) is 0 Å². The van der Waals surface area contributed by atoms with E-state index in [9.17, 15) is 4.39 Å². The van der Waals surface area contributed by atoms with Gasteiger partial charge in [-0.2, -0.15) is 0 Å². The van der Waals surface area contributed by atoms with Gasteiger partial charge in [0.2, 0.25) is 0 Å². The van der Waals surface area contributed by atoms with Gasteiger partial charge in [-0.3, -0.25) is 0 Å². The Bertz CT molecular complexity index is 810. The molecule has 22 heavy (non-hydrogen) atoms. The van der Waals surface area contributed by atoms with E-state index in [2.05, 4.69) is 4.98 Å². The quantitative estimate of drug-likeness (QED) is 0.796. The topological polar surface area (TPSA) is 57.0 Å². The summed E-state index contributed by atoms with van der Waals surface area (Å²) < 4.78 is 20.7. The van der Waals surface area contributed by atoms with Gasteiger partial charge < -0.3 is 14.7 Å². The summed E-state index contributed by atoms with van der Waals surface area (Å²) >= 11 is 6.12. The molecular weight excluding hydrogens is 305 g/mol. The normalized spacial score (nSPS) is 11.1. The van der Waals surface area contributed by atoms with E-state index in [0.29, 0.717) is 29.4 Å². The number of hydrogen-bond acceptors (Lipinski definition) is 3. The van der Waals surface area contributed by atoms with Crippen molar-refractivity contribution in [2.45, 2.75) is 20.0 Å². The number of hydrogen-bond donors (Lipinski definition) is 1. The van der Waals surface area contributed by atoms with Crippen molar-refractivity contribution >= 4 is 11.6 Å². The molecule has 2 aromatic heterocycles. The maximum atomic E-state index is 13.2. The van der Waals surface area contributed by atoms with Gasteiger partial charge in [0, 0.05) is 12.1 Å².